The fraction of sp³-hybridized carbons (Fsp3) is 0.474. The molecule has 0 spiro atoms. The van der Waals surface area contributed by atoms with E-state index in [0.29, 0.717) is 0 Å². The average Bonchev–Trinajstić information content (AvgIpc) is 2.93. The number of esters is 1. The van der Waals surface area contributed by atoms with Gasteiger partial charge < -0.3 is 9.47 Å². The summed E-state index contributed by atoms with van der Waals surface area (Å²) < 4.78 is 37.3. The number of hydrogen-bond donors (Lipinski definition) is 0. The molecule has 1 aliphatic rings. The zero-order valence-electron chi connectivity index (χ0n) is 14.9. The van der Waals surface area contributed by atoms with Crippen molar-refractivity contribution in [2.45, 2.75) is 32.4 Å². The lowest BCUT2D eigenvalue weighted by Crippen LogP contribution is -2.48. The summed E-state index contributed by atoms with van der Waals surface area (Å²) in [5.41, 5.74) is -0.427. The molecular weight excluding hydrogens is 344 g/mol. The fourth-order valence-corrected chi connectivity index (χ4v) is 3.52. The van der Waals surface area contributed by atoms with Gasteiger partial charge in [0.25, 0.3) is 0 Å². The number of likely N-dealkylation sites (tertiary alicyclic amines) is 1. The van der Waals surface area contributed by atoms with Gasteiger partial charge in [-0.25, -0.2) is 18.4 Å². The van der Waals surface area contributed by atoms with Gasteiger partial charge >= 0.3 is 12.1 Å². The smallest absolute Gasteiger partial charge is 0.410 e. The Hall–Kier alpha value is -2.44. The Balaban J connectivity index is 2.25. The first-order valence-electron chi connectivity index (χ1n) is 8.29. The van der Waals surface area contributed by atoms with Crippen LogP contribution in [0.5, 0.6) is 0 Å². The first-order valence-corrected chi connectivity index (χ1v) is 8.29. The molecular formula is C19H23F2NO4. The molecule has 26 heavy (non-hydrogen) atoms. The van der Waals surface area contributed by atoms with Crippen LogP contribution < -0.4 is 0 Å². The van der Waals surface area contributed by atoms with E-state index >= 15 is 0 Å². The molecule has 5 nitrogen and oxygen atoms in total. The second-order valence-corrected chi connectivity index (χ2v) is 6.56. The van der Waals surface area contributed by atoms with Crippen molar-refractivity contribution in [3.05, 3.63) is 48.6 Å². The Morgan fingerprint density at radius 2 is 2.04 bits per heavy atom. The molecule has 0 saturated carbocycles. The first-order chi connectivity index (χ1) is 12.3. The van der Waals surface area contributed by atoms with Crippen LogP contribution in [0.15, 0.2) is 43.0 Å². The number of benzene rings is 1. The normalized spacial score (nSPS) is 25.2. The molecule has 0 aromatic heterocycles. The fourth-order valence-electron chi connectivity index (χ4n) is 3.52. The lowest BCUT2D eigenvalue weighted by Gasteiger charge is -2.34. The van der Waals surface area contributed by atoms with E-state index in [0.717, 1.165) is 10.5 Å². The van der Waals surface area contributed by atoms with Gasteiger partial charge in [-0.15, -0.1) is 6.58 Å². The van der Waals surface area contributed by atoms with Gasteiger partial charge in [-0.1, -0.05) is 43.3 Å². The number of allylic oxidation sites excluding steroid dienone is 1. The van der Waals surface area contributed by atoms with Gasteiger partial charge in [-0.05, 0) is 12.0 Å². The number of carbonyl (C=O) groups is 2. The highest BCUT2D eigenvalue weighted by Crippen LogP contribution is 2.47. The van der Waals surface area contributed by atoms with Crippen molar-refractivity contribution in [3.63, 3.8) is 0 Å². The van der Waals surface area contributed by atoms with Gasteiger partial charge in [0.1, 0.15) is 12.6 Å². The summed E-state index contributed by atoms with van der Waals surface area (Å²) in [5, 5.41) is 0. The molecule has 1 aliphatic heterocycles. The van der Waals surface area contributed by atoms with Crippen molar-refractivity contribution in [2.75, 3.05) is 13.7 Å². The number of rotatable bonds is 6. The Morgan fingerprint density at radius 3 is 2.58 bits per heavy atom. The summed E-state index contributed by atoms with van der Waals surface area (Å²) in [6.45, 7) is 4.86. The van der Waals surface area contributed by atoms with Crippen LogP contribution in [0.1, 0.15) is 18.9 Å². The molecule has 142 valence electrons. The van der Waals surface area contributed by atoms with Crippen LogP contribution in [-0.2, 0) is 20.9 Å². The molecule has 0 radical (unpaired) electrons. The topological polar surface area (TPSA) is 55.8 Å². The lowest BCUT2D eigenvalue weighted by atomic mass is 9.72. The van der Waals surface area contributed by atoms with E-state index in [1.807, 2.05) is 6.07 Å². The van der Waals surface area contributed by atoms with Crippen LogP contribution in [0, 0.1) is 11.3 Å². The van der Waals surface area contributed by atoms with Crippen LogP contribution in [0.2, 0.25) is 0 Å². The Morgan fingerprint density at radius 1 is 1.38 bits per heavy atom. The summed E-state index contributed by atoms with van der Waals surface area (Å²) in [6, 6.07) is 7.81. The Labute approximate surface area is 151 Å². The minimum absolute atomic E-state index is 0.0123. The zero-order chi connectivity index (χ0) is 19.3. The minimum atomic E-state index is -2.70. The number of amides is 1. The molecule has 1 saturated heterocycles. The highest BCUT2D eigenvalue weighted by molar-refractivity contribution is 5.83. The number of halogens is 2. The molecule has 1 aromatic rings. The summed E-state index contributed by atoms with van der Waals surface area (Å²) in [4.78, 5) is 25.9. The summed E-state index contributed by atoms with van der Waals surface area (Å²) in [7, 11) is 1.17. The maximum absolute atomic E-state index is 13.6. The molecule has 3 atom stereocenters. The second kappa shape index (κ2) is 8.29. The van der Waals surface area contributed by atoms with Crippen LogP contribution in [0.3, 0.4) is 0 Å². The summed E-state index contributed by atoms with van der Waals surface area (Å²) in [5.74, 6) is -1.93. The summed E-state index contributed by atoms with van der Waals surface area (Å²) >= 11 is 0. The molecule has 0 unspecified atom stereocenters. The van der Waals surface area contributed by atoms with Crippen LogP contribution in [-0.4, -0.2) is 43.1 Å². The SMILES string of the molecule is C=CC[C@]1(C)[C@@H](C(F)F)CN(C(=O)OCc2ccccc2)[C@@H]1C(=O)OC. The highest BCUT2D eigenvalue weighted by Gasteiger charge is 2.59. The van der Waals surface area contributed by atoms with E-state index in [4.69, 9.17) is 9.47 Å². The second-order valence-electron chi connectivity index (χ2n) is 6.56. The average molecular weight is 367 g/mol. The maximum Gasteiger partial charge on any atom is 0.410 e. The number of methoxy groups -OCH3 is 1. The van der Waals surface area contributed by atoms with Gasteiger partial charge in [-0.3, -0.25) is 4.90 Å². The molecule has 1 amide bonds. The predicted molar refractivity (Wildman–Crippen MR) is 91.6 cm³/mol. The van der Waals surface area contributed by atoms with Gasteiger partial charge in [0.05, 0.1) is 7.11 Å². The Bertz CT molecular complexity index is 652. The quantitative estimate of drug-likeness (QED) is 0.569. The number of ether oxygens (including phenoxy) is 2. The maximum atomic E-state index is 13.6. The van der Waals surface area contributed by atoms with Crippen LogP contribution >= 0.6 is 0 Å². The largest absolute Gasteiger partial charge is 0.467 e. The molecule has 0 bridgehead atoms. The van der Waals surface area contributed by atoms with Gasteiger partial charge in [0.15, 0.2) is 0 Å². The molecule has 7 heteroatoms. The van der Waals surface area contributed by atoms with Crippen molar-refractivity contribution in [3.8, 4) is 0 Å². The van der Waals surface area contributed by atoms with E-state index < -0.39 is 35.9 Å². The van der Waals surface area contributed by atoms with E-state index in [2.05, 4.69) is 6.58 Å². The van der Waals surface area contributed by atoms with E-state index in [-0.39, 0.29) is 19.6 Å². The van der Waals surface area contributed by atoms with Crippen molar-refractivity contribution in [1.29, 1.82) is 0 Å². The van der Waals surface area contributed by atoms with Gasteiger partial charge in [-0.2, -0.15) is 0 Å². The molecule has 2 rings (SSSR count). The number of carbonyl (C=O) groups excluding carboxylic acids is 2. The zero-order valence-corrected chi connectivity index (χ0v) is 14.9. The number of nitrogens with zero attached hydrogens (tertiary/aromatic N) is 1. The third-order valence-corrected chi connectivity index (χ3v) is 4.93. The summed E-state index contributed by atoms with van der Waals surface area (Å²) in [6.07, 6.45) is -1.89. The highest BCUT2D eigenvalue weighted by atomic mass is 19.3. The van der Waals surface area contributed by atoms with E-state index in [9.17, 15) is 18.4 Å². The van der Waals surface area contributed by atoms with E-state index in [1.54, 1.807) is 31.2 Å². The number of alkyl halides is 2. The molecule has 1 aromatic carbocycles. The van der Waals surface area contributed by atoms with Crippen LogP contribution in [0.4, 0.5) is 13.6 Å². The van der Waals surface area contributed by atoms with Crippen molar-refractivity contribution < 1.29 is 27.8 Å². The van der Waals surface area contributed by atoms with E-state index in [1.165, 1.54) is 13.2 Å². The molecule has 1 heterocycles. The monoisotopic (exact) mass is 367 g/mol. The van der Waals surface area contributed by atoms with Gasteiger partial charge in [0, 0.05) is 17.9 Å². The molecule has 0 N–H and O–H groups in total. The van der Waals surface area contributed by atoms with Crippen molar-refractivity contribution in [1.82, 2.24) is 4.90 Å². The van der Waals surface area contributed by atoms with Crippen molar-refractivity contribution >= 4 is 12.1 Å². The standard InChI is InChI=1S/C19H23F2NO4/c1-4-10-19(2)14(16(20)21)11-22(15(19)17(23)25-3)18(24)26-12-13-8-6-5-7-9-13/h4-9,14-16H,1,10-12H2,2-3H3/t14-,15-,19-/m1/s1. The third kappa shape index (κ3) is 3.86. The first kappa shape index (κ1) is 19.9. The third-order valence-electron chi connectivity index (χ3n) is 4.93. The lowest BCUT2D eigenvalue weighted by molar-refractivity contribution is -0.149. The molecule has 1 fully saturated rings. The van der Waals surface area contributed by atoms with Gasteiger partial charge in [0.2, 0.25) is 6.43 Å². The van der Waals surface area contributed by atoms with Crippen LogP contribution in [0.25, 0.3) is 0 Å². The molecule has 0 aliphatic carbocycles. The predicted octanol–water partition coefficient (Wildman–Crippen LogP) is 3.64. The minimum Gasteiger partial charge on any atom is -0.467 e. The number of hydrogen-bond acceptors (Lipinski definition) is 4. The Kier molecular flexibility index (Phi) is 6.34. The van der Waals surface area contributed by atoms with Crippen molar-refractivity contribution in [2.24, 2.45) is 11.3 Å².